The Labute approximate surface area is 408 Å². The summed E-state index contributed by atoms with van der Waals surface area (Å²) < 4.78 is 0. The van der Waals surface area contributed by atoms with E-state index in [4.69, 9.17) is 21.7 Å². The summed E-state index contributed by atoms with van der Waals surface area (Å²) in [6.07, 6.45) is 1.82. The molecule has 2 aliphatic heterocycles. The van der Waals surface area contributed by atoms with Crippen LogP contribution in [0.5, 0.6) is 0 Å². The number of carboxylic acids is 4. The fourth-order valence-corrected chi connectivity index (χ4v) is 6.30. The Morgan fingerprint density at radius 1 is 0.642 bits per heavy atom. The largest absolute Gasteiger partial charge is 2.00 e. The monoisotopic (exact) mass is 952 g/mol. The predicted octanol–water partition coefficient (Wildman–Crippen LogP) is -2.62. The average molecular weight is 953 g/mol. The number of amides is 2. The first-order chi connectivity index (χ1) is 31.3. The molecule has 0 saturated carbocycles. The molecule has 2 atom stereocenters. The van der Waals surface area contributed by atoms with Crippen LogP contribution in [0.3, 0.4) is 0 Å². The molecular formula is C40H44CaN14O12. The van der Waals surface area contributed by atoms with Crippen LogP contribution >= 0.6 is 0 Å². The molecule has 348 valence electrons. The molecule has 0 aliphatic carbocycles. The molecule has 0 bridgehead atoms. The maximum atomic E-state index is 12.3. The Morgan fingerprint density at radius 2 is 0.985 bits per heavy atom. The third-order valence-corrected chi connectivity index (χ3v) is 9.83. The first-order valence-corrected chi connectivity index (χ1v) is 19.6. The van der Waals surface area contributed by atoms with Crippen molar-refractivity contribution in [1.82, 2.24) is 30.6 Å². The number of aromatic nitrogens is 4. The molecular weight excluding hydrogens is 909 g/mol. The van der Waals surface area contributed by atoms with Crippen molar-refractivity contribution in [3.63, 3.8) is 0 Å². The molecule has 2 aromatic carbocycles. The van der Waals surface area contributed by atoms with Gasteiger partial charge in [0.2, 0.25) is 11.9 Å². The molecule has 0 spiro atoms. The number of aromatic amines is 2. The Hall–Kier alpha value is -7.84. The number of nitrogen functional groups attached to an aromatic ring is 2. The molecule has 2 unspecified atom stereocenters. The van der Waals surface area contributed by atoms with Crippen LogP contribution in [0.4, 0.5) is 46.3 Å². The van der Waals surface area contributed by atoms with Crippen molar-refractivity contribution < 1.29 is 49.2 Å². The summed E-state index contributed by atoms with van der Waals surface area (Å²) in [4.78, 5) is 109. The zero-order chi connectivity index (χ0) is 48.2. The van der Waals surface area contributed by atoms with Crippen molar-refractivity contribution >= 4 is 120 Å². The van der Waals surface area contributed by atoms with Gasteiger partial charge in [0.25, 0.3) is 22.9 Å². The predicted molar refractivity (Wildman–Crippen MR) is 241 cm³/mol. The molecule has 0 radical (unpaired) electrons. The molecule has 4 aromatic rings. The van der Waals surface area contributed by atoms with Crippen molar-refractivity contribution in [2.24, 2.45) is 0 Å². The van der Waals surface area contributed by atoms with Gasteiger partial charge in [0.1, 0.15) is 12.1 Å². The number of carbonyl (C=O) groups excluding carboxylic acids is 4. The van der Waals surface area contributed by atoms with Gasteiger partial charge in [-0.1, -0.05) is 0 Å². The summed E-state index contributed by atoms with van der Waals surface area (Å²) in [5, 5.41) is 56.2. The maximum Gasteiger partial charge on any atom is 2.00 e. The molecule has 2 amide bonds. The summed E-state index contributed by atoms with van der Waals surface area (Å²) in [6.45, 7) is 0.672. The van der Waals surface area contributed by atoms with Crippen molar-refractivity contribution in [3.05, 3.63) is 104 Å². The Balaban J connectivity index is 0.000000288. The van der Waals surface area contributed by atoms with Crippen LogP contribution in [0.2, 0.25) is 0 Å². The number of nitrogens with one attached hydrogen (secondary N) is 8. The minimum atomic E-state index is -1.40. The number of H-pyrrole nitrogens is 2. The van der Waals surface area contributed by atoms with Crippen molar-refractivity contribution in [3.8, 4) is 0 Å². The van der Waals surface area contributed by atoms with Gasteiger partial charge in [-0.05, 0) is 74.2 Å². The molecule has 27 heteroatoms. The quantitative estimate of drug-likeness (QED) is 0.0454. The number of likely N-dealkylation sites (N-methyl/N-ethyl adjacent to an activating group) is 2. The van der Waals surface area contributed by atoms with Crippen LogP contribution in [0.15, 0.2) is 81.9 Å². The van der Waals surface area contributed by atoms with Gasteiger partial charge >= 0.3 is 49.7 Å². The molecule has 4 heterocycles. The number of nitrogens with two attached hydrogens (primary N) is 2. The van der Waals surface area contributed by atoms with Crippen LogP contribution in [-0.4, -0.2) is 143 Å². The first kappa shape index (κ1) is 51.8. The van der Waals surface area contributed by atoms with E-state index in [2.05, 4.69) is 51.8 Å². The zero-order valence-corrected chi connectivity index (χ0v) is 38.0. The van der Waals surface area contributed by atoms with Crippen molar-refractivity contribution in [2.75, 3.05) is 69.7 Å². The van der Waals surface area contributed by atoms with Crippen molar-refractivity contribution in [1.29, 1.82) is 0 Å². The van der Waals surface area contributed by atoms with E-state index in [0.29, 0.717) is 47.5 Å². The van der Waals surface area contributed by atoms with Crippen LogP contribution in [0, 0.1) is 0 Å². The summed E-state index contributed by atoms with van der Waals surface area (Å²) in [5.74, 6) is -6.04. The summed E-state index contributed by atoms with van der Waals surface area (Å²) in [6, 6.07) is 9.84. The SMILES string of the molecule is CN1C(CNc2ccc(C(=O)NC(CCC(=O)[O-])C(=O)O)cc2)=CNc2nc(N)[nH]c(=O)c21.CN1C(CNc2ccc(C(=O)NC(CCC(=O)[O-])C(=O)O)cc2)=CNc2nc(N)[nH]c(=O)c21.[Ca+2]. The number of carbonyl (C=O) groups is 6. The van der Waals surface area contributed by atoms with E-state index < -0.39 is 60.6 Å². The van der Waals surface area contributed by atoms with Gasteiger partial charge in [-0.15, -0.1) is 0 Å². The summed E-state index contributed by atoms with van der Waals surface area (Å²) in [7, 11) is 3.43. The van der Waals surface area contributed by atoms with E-state index in [9.17, 15) is 48.6 Å². The molecule has 67 heavy (non-hydrogen) atoms. The number of fused-ring (bicyclic) bond motifs is 2. The van der Waals surface area contributed by atoms with E-state index in [-0.39, 0.29) is 84.7 Å². The molecule has 2 aromatic heterocycles. The third kappa shape index (κ3) is 14.1. The normalized spacial score (nSPS) is 13.0. The van der Waals surface area contributed by atoms with Crippen LogP contribution in [-0.2, 0) is 19.2 Å². The third-order valence-electron chi connectivity index (χ3n) is 9.83. The molecule has 2 aliphatic rings. The molecule has 0 fully saturated rings. The van der Waals surface area contributed by atoms with Crippen LogP contribution in [0.25, 0.3) is 0 Å². The first-order valence-electron chi connectivity index (χ1n) is 19.6. The second-order valence-electron chi connectivity index (χ2n) is 14.4. The van der Waals surface area contributed by atoms with E-state index in [1.807, 2.05) is 0 Å². The Morgan fingerprint density at radius 3 is 1.30 bits per heavy atom. The van der Waals surface area contributed by atoms with E-state index in [1.54, 1.807) is 60.6 Å². The van der Waals surface area contributed by atoms with Gasteiger partial charge in [0.05, 0.1) is 24.5 Å². The topological polar surface area (TPSA) is 411 Å². The molecule has 0 saturated heterocycles. The summed E-state index contributed by atoms with van der Waals surface area (Å²) >= 11 is 0. The Bertz CT molecular complexity index is 2510. The minimum Gasteiger partial charge on any atom is -0.550 e. The maximum absolute atomic E-state index is 12.3. The van der Waals surface area contributed by atoms with Gasteiger partial charge < -0.3 is 83.2 Å². The van der Waals surface area contributed by atoms with Gasteiger partial charge in [-0.25, -0.2) is 9.59 Å². The number of carboxylic acid groups (broad SMARTS) is 4. The second-order valence-corrected chi connectivity index (χ2v) is 14.4. The number of rotatable bonds is 18. The van der Waals surface area contributed by atoms with Crippen molar-refractivity contribution in [2.45, 2.75) is 37.8 Å². The van der Waals surface area contributed by atoms with E-state index >= 15 is 0 Å². The summed E-state index contributed by atoms with van der Waals surface area (Å²) in [5.41, 5.74) is 14.2. The Kier molecular flexibility index (Phi) is 18.1. The number of nitrogens with zero attached hydrogens (tertiary/aromatic N) is 4. The van der Waals surface area contributed by atoms with E-state index in [0.717, 1.165) is 11.4 Å². The molecule has 6 rings (SSSR count). The standard InChI is InChI=1S/2C20H23N7O6.Ca/c2*1-27-12(9-23-16-15(27)18(31)26-20(21)25-16)8-22-11-4-2-10(3-5-11)17(30)24-13(19(32)33)6-7-14(28)29;/h2*2-5,9,13,22H,6-8H2,1H3,(H,24,30)(H,28,29)(H,32,33)(H4,21,23,25,26,31);/q;;+2/p-2. The smallest absolute Gasteiger partial charge is 0.550 e. The zero-order valence-electron chi connectivity index (χ0n) is 35.8. The fraction of sp³-hybridized carbons (Fsp3) is 0.250. The van der Waals surface area contributed by atoms with Crippen LogP contribution in [0.1, 0.15) is 46.4 Å². The molecule has 26 nitrogen and oxygen atoms in total. The number of hydrogen-bond donors (Lipinski definition) is 12. The van der Waals surface area contributed by atoms with Gasteiger partial charge in [0.15, 0.2) is 23.0 Å². The number of aliphatic carboxylic acids is 4. The molecule has 14 N–H and O–H groups in total. The average Bonchev–Trinajstić information content (AvgIpc) is 3.25. The second kappa shape index (κ2) is 23.4. The number of hydrogen-bond acceptors (Lipinski definition) is 20. The van der Waals surface area contributed by atoms with Gasteiger partial charge in [-0.2, -0.15) is 9.97 Å². The fourth-order valence-electron chi connectivity index (χ4n) is 6.30. The minimum absolute atomic E-state index is 0. The van der Waals surface area contributed by atoms with Crippen LogP contribution < -0.4 is 74.5 Å². The number of benzene rings is 2. The van der Waals surface area contributed by atoms with Gasteiger partial charge in [0, 0.05) is 60.9 Å². The van der Waals surface area contributed by atoms with E-state index in [1.165, 1.54) is 24.3 Å². The van der Waals surface area contributed by atoms with Gasteiger partial charge in [-0.3, -0.25) is 29.1 Å². The number of anilines is 8.